The zero-order valence-electron chi connectivity index (χ0n) is 16.7. The predicted molar refractivity (Wildman–Crippen MR) is 122 cm³/mol. The number of benzene rings is 2. The number of hydrogen-bond acceptors (Lipinski definition) is 6. The van der Waals surface area contributed by atoms with E-state index < -0.39 is 9.84 Å². The maximum atomic E-state index is 12.8. The average molecular weight is 451 g/mol. The second kappa shape index (κ2) is 8.83. The van der Waals surface area contributed by atoms with Crippen LogP contribution in [0.1, 0.15) is 11.1 Å². The van der Waals surface area contributed by atoms with E-state index in [-0.39, 0.29) is 10.6 Å². The van der Waals surface area contributed by atoms with E-state index in [0.717, 1.165) is 22.5 Å². The molecule has 0 saturated carbocycles. The molecular formula is C23H19ClN4O2S. The van der Waals surface area contributed by atoms with Gasteiger partial charge in [-0.1, -0.05) is 23.7 Å². The molecule has 2 aromatic carbocycles. The molecule has 0 saturated heterocycles. The van der Waals surface area contributed by atoms with Gasteiger partial charge in [-0.25, -0.2) is 23.4 Å². The number of nitrogens with one attached hydrogen (secondary N) is 1. The monoisotopic (exact) mass is 450 g/mol. The molecule has 0 amide bonds. The number of hydrogen-bond donors (Lipinski definition) is 1. The van der Waals surface area contributed by atoms with Gasteiger partial charge in [0, 0.05) is 28.7 Å². The van der Waals surface area contributed by atoms with Crippen molar-refractivity contribution in [3.8, 4) is 11.3 Å². The Balaban J connectivity index is 1.63. The molecule has 31 heavy (non-hydrogen) atoms. The van der Waals surface area contributed by atoms with Crippen LogP contribution < -0.4 is 5.32 Å². The molecule has 0 bridgehead atoms. The molecule has 0 aliphatic heterocycles. The largest absolute Gasteiger partial charge is 0.339 e. The third-order valence-electron chi connectivity index (χ3n) is 4.75. The molecule has 4 rings (SSSR count). The lowest BCUT2D eigenvalue weighted by Gasteiger charge is -2.14. The van der Waals surface area contributed by atoms with Gasteiger partial charge in [0.25, 0.3) is 0 Å². The molecule has 8 heteroatoms. The highest BCUT2D eigenvalue weighted by Gasteiger charge is 2.16. The summed E-state index contributed by atoms with van der Waals surface area (Å²) in [6.45, 7) is 1.95. The van der Waals surface area contributed by atoms with Crippen LogP contribution in [-0.2, 0) is 15.6 Å². The Morgan fingerprint density at radius 1 is 0.968 bits per heavy atom. The van der Waals surface area contributed by atoms with E-state index in [2.05, 4.69) is 20.3 Å². The number of rotatable bonds is 6. The first kappa shape index (κ1) is 21.0. The van der Waals surface area contributed by atoms with Gasteiger partial charge in [-0.3, -0.25) is 0 Å². The maximum absolute atomic E-state index is 12.8. The summed E-state index contributed by atoms with van der Waals surface area (Å²) in [5.74, 6) is 0.506. The lowest BCUT2D eigenvalue weighted by Crippen LogP contribution is -2.06. The summed E-state index contributed by atoms with van der Waals surface area (Å²) in [6, 6.07) is 17.3. The lowest BCUT2D eigenvalue weighted by atomic mass is 10.1. The molecule has 0 unspecified atom stereocenters. The minimum Gasteiger partial charge on any atom is -0.339 e. The molecule has 156 valence electrons. The molecule has 0 fully saturated rings. The van der Waals surface area contributed by atoms with Crippen LogP contribution in [0.4, 0.5) is 11.5 Å². The van der Waals surface area contributed by atoms with E-state index in [1.807, 2.05) is 43.3 Å². The fraction of sp³-hybridized carbons (Fsp3) is 0.0870. The van der Waals surface area contributed by atoms with Crippen molar-refractivity contribution in [3.63, 3.8) is 0 Å². The van der Waals surface area contributed by atoms with Gasteiger partial charge in [-0.15, -0.1) is 0 Å². The molecule has 6 nitrogen and oxygen atoms in total. The summed E-state index contributed by atoms with van der Waals surface area (Å²) in [5, 5.41) is 3.82. The van der Waals surface area contributed by atoms with E-state index in [4.69, 9.17) is 11.6 Å². The van der Waals surface area contributed by atoms with Crippen LogP contribution in [0.2, 0.25) is 5.02 Å². The summed E-state index contributed by atoms with van der Waals surface area (Å²) >= 11 is 5.88. The first-order valence-corrected chi connectivity index (χ1v) is 11.5. The highest BCUT2D eigenvalue weighted by Crippen LogP contribution is 2.29. The van der Waals surface area contributed by atoms with Gasteiger partial charge in [0.1, 0.15) is 12.1 Å². The molecule has 0 aliphatic carbocycles. The molecule has 2 aromatic heterocycles. The van der Waals surface area contributed by atoms with Crippen molar-refractivity contribution in [2.24, 2.45) is 0 Å². The first-order chi connectivity index (χ1) is 14.9. The smallest absolute Gasteiger partial charge is 0.182 e. The van der Waals surface area contributed by atoms with Crippen molar-refractivity contribution in [2.75, 3.05) is 5.32 Å². The molecule has 0 aliphatic rings. The van der Waals surface area contributed by atoms with Crippen LogP contribution in [-0.4, -0.2) is 23.4 Å². The van der Waals surface area contributed by atoms with E-state index >= 15 is 0 Å². The predicted octanol–water partition coefficient (Wildman–Crippen LogP) is 5.22. The Morgan fingerprint density at radius 2 is 1.77 bits per heavy atom. The van der Waals surface area contributed by atoms with Crippen molar-refractivity contribution < 1.29 is 8.42 Å². The highest BCUT2D eigenvalue weighted by molar-refractivity contribution is 7.90. The fourth-order valence-corrected chi connectivity index (χ4v) is 4.59. The van der Waals surface area contributed by atoms with E-state index in [1.54, 1.807) is 24.5 Å². The number of halogens is 1. The standard InChI is InChI=1S/C23H19ClN4O2S/c1-16-4-5-17(14-31(29,30)19-8-6-18(24)7-9-19)13-22(16)28-23-20(3-2-11-26-23)21-10-12-25-15-27-21/h2-13,15H,14H2,1H3,(H,26,28). The Kier molecular flexibility index (Phi) is 5.97. The topological polar surface area (TPSA) is 84.8 Å². The number of aryl methyl sites for hydroxylation is 1. The number of pyridine rings is 1. The molecule has 4 aromatic rings. The summed E-state index contributed by atoms with van der Waals surface area (Å²) in [5.41, 5.74) is 3.97. The van der Waals surface area contributed by atoms with Crippen molar-refractivity contribution in [2.45, 2.75) is 17.6 Å². The Morgan fingerprint density at radius 3 is 2.52 bits per heavy atom. The van der Waals surface area contributed by atoms with Gasteiger partial charge in [-0.05, 0) is 66.6 Å². The van der Waals surface area contributed by atoms with Crippen LogP contribution in [0, 0.1) is 6.92 Å². The van der Waals surface area contributed by atoms with Crippen molar-refractivity contribution in [1.82, 2.24) is 15.0 Å². The van der Waals surface area contributed by atoms with Crippen LogP contribution in [0.25, 0.3) is 11.3 Å². The minimum absolute atomic E-state index is 0.120. The van der Waals surface area contributed by atoms with Gasteiger partial charge in [-0.2, -0.15) is 0 Å². The summed E-state index contributed by atoms with van der Waals surface area (Å²) in [4.78, 5) is 12.9. The van der Waals surface area contributed by atoms with Gasteiger partial charge < -0.3 is 5.32 Å². The van der Waals surface area contributed by atoms with Crippen molar-refractivity contribution in [1.29, 1.82) is 0 Å². The molecular weight excluding hydrogens is 432 g/mol. The Hall–Kier alpha value is -3.29. The number of aromatic nitrogens is 3. The zero-order chi connectivity index (χ0) is 21.8. The van der Waals surface area contributed by atoms with Crippen LogP contribution in [0.5, 0.6) is 0 Å². The highest BCUT2D eigenvalue weighted by atomic mass is 35.5. The lowest BCUT2D eigenvalue weighted by molar-refractivity contribution is 0.595. The van der Waals surface area contributed by atoms with Crippen LogP contribution in [0.15, 0.2) is 84.3 Å². The van der Waals surface area contributed by atoms with Crippen molar-refractivity contribution >= 4 is 32.9 Å². The maximum Gasteiger partial charge on any atom is 0.182 e. The number of nitrogens with zero attached hydrogens (tertiary/aromatic N) is 3. The molecule has 0 atom stereocenters. The third-order valence-corrected chi connectivity index (χ3v) is 6.71. The normalized spacial score (nSPS) is 11.3. The second-order valence-corrected chi connectivity index (χ2v) is 9.41. The van der Waals surface area contributed by atoms with E-state index in [0.29, 0.717) is 16.4 Å². The van der Waals surface area contributed by atoms with Gasteiger partial charge >= 0.3 is 0 Å². The van der Waals surface area contributed by atoms with Crippen molar-refractivity contribution in [3.05, 3.63) is 95.5 Å². The molecule has 2 heterocycles. The second-order valence-electron chi connectivity index (χ2n) is 6.98. The number of sulfone groups is 1. The summed E-state index contributed by atoms with van der Waals surface area (Å²) < 4.78 is 25.6. The van der Waals surface area contributed by atoms with Crippen LogP contribution >= 0.6 is 11.6 Å². The summed E-state index contributed by atoms with van der Waals surface area (Å²) in [7, 11) is -3.50. The zero-order valence-corrected chi connectivity index (χ0v) is 18.2. The van der Waals surface area contributed by atoms with Gasteiger partial charge in [0.05, 0.1) is 16.3 Å². The number of anilines is 2. The minimum atomic E-state index is -3.50. The fourth-order valence-electron chi connectivity index (χ4n) is 3.13. The quantitative estimate of drug-likeness (QED) is 0.433. The summed E-state index contributed by atoms with van der Waals surface area (Å²) in [6.07, 6.45) is 4.85. The van der Waals surface area contributed by atoms with E-state index in [1.165, 1.54) is 18.5 Å². The molecule has 1 N–H and O–H groups in total. The Labute approximate surface area is 185 Å². The Bertz CT molecular complexity index is 1310. The van der Waals surface area contributed by atoms with Gasteiger partial charge in [0.2, 0.25) is 0 Å². The third kappa shape index (κ3) is 4.90. The van der Waals surface area contributed by atoms with Crippen LogP contribution in [0.3, 0.4) is 0 Å². The van der Waals surface area contributed by atoms with E-state index in [9.17, 15) is 8.42 Å². The SMILES string of the molecule is Cc1ccc(CS(=O)(=O)c2ccc(Cl)cc2)cc1Nc1ncccc1-c1ccncn1. The first-order valence-electron chi connectivity index (χ1n) is 9.49. The van der Waals surface area contributed by atoms with Gasteiger partial charge in [0.15, 0.2) is 9.84 Å². The molecule has 0 radical (unpaired) electrons. The average Bonchev–Trinajstić information content (AvgIpc) is 2.77. The molecule has 0 spiro atoms.